The van der Waals surface area contributed by atoms with Crippen LogP contribution < -0.4 is 4.74 Å². The fourth-order valence-electron chi connectivity index (χ4n) is 2.11. The summed E-state index contributed by atoms with van der Waals surface area (Å²) in [4.78, 5) is 0. The second-order valence-corrected chi connectivity index (χ2v) is 6.63. The zero-order valence-corrected chi connectivity index (χ0v) is 14.6. The first-order chi connectivity index (χ1) is 9.92. The third-order valence-corrected chi connectivity index (χ3v) is 4.15. The maximum atomic E-state index is 9.46. The van der Waals surface area contributed by atoms with Gasteiger partial charge >= 0.3 is 0 Å². The third-order valence-electron chi connectivity index (χ3n) is 3.33. The molecule has 0 radical (unpaired) electrons. The van der Waals surface area contributed by atoms with Gasteiger partial charge in [0.15, 0.2) is 0 Å². The topological polar surface area (TPSA) is 29.5 Å². The minimum atomic E-state index is -0.0710. The Morgan fingerprint density at radius 2 is 1.90 bits per heavy atom. The minimum Gasteiger partial charge on any atom is -0.457 e. The van der Waals surface area contributed by atoms with E-state index in [4.69, 9.17) is 16.3 Å². The van der Waals surface area contributed by atoms with E-state index in [0.717, 1.165) is 31.9 Å². The van der Waals surface area contributed by atoms with Gasteiger partial charge in [0.2, 0.25) is 0 Å². The smallest absolute Gasteiger partial charge is 0.133 e. The molecule has 2 rings (SSSR count). The van der Waals surface area contributed by atoms with Crippen molar-refractivity contribution in [3.63, 3.8) is 0 Å². The number of ether oxygens (including phenoxy) is 1. The van der Waals surface area contributed by atoms with Crippen LogP contribution in [0.5, 0.6) is 11.5 Å². The molecule has 0 aliphatic heterocycles. The van der Waals surface area contributed by atoms with Gasteiger partial charge in [0.25, 0.3) is 0 Å². The molecule has 1 N–H and O–H groups in total. The van der Waals surface area contributed by atoms with Gasteiger partial charge in [-0.3, -0.25) is 0 Å². The molecule has 0 unspecified atom stereocenters. The van der Waals surface area contributed by atoms with Crippen molar-refractivity contribution < 1.29 is 9.84 Å². The molecule has 0 heterocycles. The van der Waals surface area contributed by atoms with Crippen LogP contribution in [0, 0.1) is 6.92 Å². The van der Waals surface area contributed by atoms with E-state index in [1.54, 1.807) is 0 Å². The lowest BCUT2D eigenvalue weighted by atomic mass is 10.0. The Bertz CT molecular complexity index is 653. The number of halogens is 2. The third kappa shape index (κ3) is 3.79. The summed E-state index contributed by atoms with van der Waals surface area (Å²) in [6.45, 7) is 6.08. The summed E-state index contributed by atoms with van der Waals surface area (Å²) in [6, 6.07) is 9.49. The molecule has 4 heteroatoms. The predicted octanol–water partition coefficient (Wildman–Crippen LogP) is 5.82. The molecule has 0 fully saturated rings. The van der Waals surface area contributed by atoms with Crippen molar-refractivity contribution in [3.05, 3.63) is 56.5 Å². The van der Waals surface area contributed by atoms with Crippen LogP contribution in [0.4, 0.5) is 0 Å². The Balaban J connectivity index is 2.42. The SMILES string of the molecule is Cc1cc(Cl)c(C(C)C)cc1Oc1ccc(Br)cc1CO. The van der Waals surface area contributed by atoms with Crippen molar-refractivity contribution in [2.24, 2.45) is 0 Å². The highest BCUT2D eigenvalue weighted by atomic mass is 79.9. The van der Waals surface area contributed by atoms with Crippen LogP contribution in [0.15, 0.2) is 34.8 Å². The van der Waals surface area contributed by atoms with Gasteiger partial charge in [0.05, 0.1) is 6.61 Å². The Morgan fingerprint density at radius 3 is 2.52 bits per heavy atom. The van der Waals surface area contributed by atoms with Crippen molar-refractivity contribution in [1.82, 2.24) is 0 Å². The number of hydrogen-bond acceptors (Lipinski definition) is 2. The zero-order valence-electron chi connectivity index (χ0n) is 12.3. The normalized spacial score (nSPS) is 11.0. The van der Waals surface area contributed by atoms with Crippen molar-refractivity contribution in [2.75, 3.05) is 0 Å². The number of benzene rings is 2. The zero-order chi connectivity index (χ0) is 15.6. The van der Waals surface area contributed by atoms with Crippen molar-refractivity contribution in [2.45, 2.75) is 33.3 Å². The van der Waals surface area contributed by atoms with Gasteiger partial charge in [-0.2, -0.15) is 0 Å². The number of aliphatic hydroxyl groups excluding tert-OH is 1. The average molecular weight is 370 g/mol. The van der Waals surface area contributed by atoms with E-state index < -0.39 is 0 Å². The predicted molar refractivity (Wildman–Crippen MR) is 90.4 cm³/mol. The summed E-state index contributed by atoms with van der Waals surface area (Å²) < 4.78 is 6.90. The van der Waals surface area contributed by atoms with Gasteiger partial charge in [-0.25, -0.2) is 0 Å². The molecule has 112 valence electrons. The van der Waals surface area contributed by atoms with Crippen LogP contribution in [-0.2, 0) is 6.61 Å². The molecular weight excluding hydrogens is 352 g/mol. The molecule has 21 heavy (non-hydrogen) atoms. The maximum Gasteiger partial charge on any atom is 0.133 e. The molecule has 2 aromatic rings. The molecule has 0 bridgehead atoms. The lowest BCUT2D eigenvalue weighted by Gasteiger charge is -2.16. The number of aryl methyl sites for hydroxylation is 1. The van der Waals surface area contributed by atoms with Crippen LogP contribution in [0.1, 0.15) is 36.5 Å². The maximum absolute atomic E-state index is 9.46. The molecule has 0 saturated heterocycles. The molecule has 0 aromatic heterocycles. The van der Waals surface area contributed by atoms with Crippen LogP contribution in [0.3, 0.4) is 0 Å². The second kappa shape index (κ2) is 6.82. The molecule has 0 saturated carbocycles. The van der Waals surface area contributed by atoms with Crippen LogP contribution >= 0.6 is 27.5 Å². The molecule has 2 nitrogen and oxygen atoms in total. The second-order valence-electron chi connectivity index (χ2n) is 5.31. The van der Waals surface area contributed by atoms with E-state index >= 15 is 0 Å². The van der Waals surface area contributed by atoms with Crippen molar-refractivity contribution in [3.8, 4) is 11.5 Å². The summed E-state index contributed by atoms with van der Waals surface area (Å²) in [6.07, 6.45) is 0. The fraction of sp³-hybridized carbons (Fsp3) is 0.294. The van der Waals surface area contributed by atoms with Crippen LogP contribution in [-0.4, -0.2) is 5.11 Å². The summed E-state index contributed by atoms with van der Waals surface area (Å²) >= 11 is 9.67. The van der Waals surface area contributed by atoms with Gasteiger partial charge in [-0.15, -0.1) is 0 Å². The standard InChI is InChI=1S/C17H18BrClO2/c1-10(2)14-8-17(11(3)6-15(14)19)21-16-5-4-13(18)7-12(16)9-20/h4-8,10,20H,9H2,1-3H3. The molecule has 0 aliphatic rings. The quantitative estimate of drug-likeness (QED) is 0.736. The first-order valence-corrected chi connectivity index (χ1v) is 7.96. The lowest BCUT2D eigenvalue weighted by molar-refractivity contribution is 0.276. The van der Waals surface area contributed by atoms with Gasteiger partial charge in [-0.05, 0) is 54.3 Å². The lowest BCUT2D eigenvalue weighted by Crippen LogP contribution is -1.96. The van der Waals surface area contributed by atoms with Gasteiger partial charge < -0.3 is 9.84 Å². The molecule has 0 atom stereocenters. The molecule has 0 spiro atoms. The first kappa shape index (κ1) is 16.3. The Labute approximate surface area is 138 Å². The summed E-state index contributed by atoms with van der Waals surface area (Å²) in [7, 11) is 0. The highest BCUT2D eigenvalue weighted by Crippen LogP contribution is 2.35. The van der Waals surface area contributed by atoms with E-state index in [1.807, 2.05) is 37.3 Å². The molecular formula is C17H18BrClO2. The Kier molecular flexibility index (Phi) is 5.31. The summed E-state index contributed by atoms with van der Waals surface area (Å²) in [5.74, 6) is 1.74. The van der Waals surface area contributed by atoms with Gasteiger partial charge in [0, 0.05) is 15.1 Å². The van der Waals surface area contributed by atoms with Crippen molar-refractivity contribution in [1.29, 1.82) is 0 Å². The molecule has 2 aromatic carbocycles. The van der Waals surface area contributed by atoms with Crippen LogP contribution in [0.25, 0.3) is 0 Å². The highest BCUT2D eigenvalue weighted by molar-refractivity contribution is 9.10. The monoisotopic (exact) mass is 368 g/mol. The number of aliphatic hydroxyl groups is 1. The first-order valence-electron chi connectivity index (χ1n) is 6.79. The largest absolute Gasteiger partial charge is 0.457 e. The number of rotatable bonds is 4. The average Bonchev–Trinajstić information content (AvgIpc) is 2.42. The highest BCUT2D eigenvalue weighted by Gasteiger charge is 2.12. The van der Waals surface area contributed by atoms with E-state index in [2.05, 4.69) is 29.8 Å². The minimum absolute atomic E-state index is 0.0710. The van der Waals surface area contributed by atoms with E-state index in [0.29, 0.717) is 11.7 Å². The molecule has 0 amide bonds. The molecule has 0 aliphatic carbocycles. The number of hydrogen-bond donors (Lipinski definition) is 1. The van der Waals surface area contributed by atoms with Gasteiger partial charge in [-0.1, -0.05) is 41.4 Å². The van der Waals surface area contributed by atoms with E-state index in [-0.39, 0.29) is 6.61 Å². The summed E-state index contributed by atoms with van der Waals surface area (Å²) in [5, 5.41) is 10.2. The summed E-state index contributed by atoms with van der Waals surface area (Å²) in [5.41, 5.74) is 2.76. The van der Waals surface area contributed by atoms with E-state index in [9.17, 15) is 5.11 Å². The Morgan fingerprint density at radius 1 is 1.19 bits per heavy atom. The van der Waals surface area contributed by atoms with Gasteiger partial charge in [0.1, 0.15) is 11.5 Å². The van der Waals surface area contributed by atoms with E-state index in [1.165, 1.54) is 0 Å². The van der Waals surface area contributed by atoms with Crippen LogP contribution in [0.2, 0.25) is 5.02 Å². The fourth-order valence-corrected chi connectivity index (χ4v) is 2.96. The van der Waals surface area contributed by atoms with Crippen molar-refractivity contribution >= 4 is 27.5 Å². The Hall–Kier alpha value is -1.03.